The third kappa shape index (κ3) is 1.15. The Balaban J connectivity index is 3.15. The molecule has 0 saturated carbocycles. The van der Waals surface area contributed by atoms with E-state index >= 15 is 0 Å². The number of halogens is 1. The van der Waals surface area contributed by atoms with Crippen LogP contribution in [-0.4, -0.2) is 20.7 Å². The zero-order chi connectivity index (χ0) is 7.72. The fourth-order valence-corrected chi connectivity index (χ4v) is 0.974. The molecule has 0 atom stereocenters. The van der Waals surface area contributed by atoms with Crippen molar-refractivity contribution in [1.82, 2.24) is 14.8 Å². The lowest BCUT2D eigenvalue weighted by Gasteiger charge is -1.89. The molecule has 2 N–H and O–H groups in total. The molecule has 1 rings (SSSR count). The molecule has 0 radical (unpaired) electrons. The number of hydrogen-bond donors (Lipinski definition) is 1. The quantitative estimate of drug-likeness (QED) is 0.682. The average molecular weight is 205 g/mol. The summed E-state index contributed by atoms with van der Waals surface area (Å²) in [5.74, 6) is -0.437. The second-order valence-electron chi connectivity index (χ2n) is 1.69. The van der Waals surface area contributed by atoms with Crippen molar-refractivity contribution in [2.75, 3.05) is 0 Å². The summed E-state index contributed by atoms with van der Waals surface area (Å²) < 4.78 is 1.68. The van der Waals surface area contributed by atoms with Gasteiger partial charge in [-0.3, -0.25) is 4.79 Å². The van der Waals surface area contributed by atoms with E-state index in [0.717, 1.165) is 0 Å². The van der Waals surface area contributed by atoms with Gasteiger partial charge >= 0.3 is 0 Å². The number of aromatic nitrogens is 3. The molecule has 0 unspecified atom stereocenters. The third-order valence-electron chi connectivity index (χ3n) is 0.958. The third-order valence-corrected chi connectivity index (χ3v) is 1.29. The topological polar surface area (TPSA) is 73.8 Å². The highest BCUT2D eigenvalue weighted by Crippen LogP contribution is 2.01. The van der Waals surface area contributed by atoms with Gasteiger partial charge in [-0.15, -0.1) is 5.10 Å². The molecule has 10 heavy (non-hydrogen) atoms. The Labute approximate surface area is 65.4 Å². The van der Waals surface area contributed by atoms with Crippen LogP contribution in [0.1, 0.15) is 10.6 Å². The lowest BCUT2D eigenvalue weighted by molar-refractivity contribution is 0.0986. The van der Waals surface area contributed by atoms with Crippen molar-refractivity contribution in [3.05, 3.63) is 10.6 Å². The Kier molecular flexibility index (Phi) is 1.71. The molecule has 0 spiro atoms. The van der Waals surface area contributed by atoms with E-state index in [-0.39, 0.29) is 5.82 Å². The van der Waals surface area contributed by atoms with Crippen LogP contribution in [0.4, 0.5) is 0 Å². The highest BCUT2D eigenvalue weighted by atomic mass is 79.9. The molecular formula is C4H5BrN4O. The van der Waals surface area contributed by atoms with E-state index in [1.807, 2.05) is 0 Å². The number of carbonyl (C=O) groups excluding carboxylic acids is 1. The highest BCUT2D eigenvalue weighted by Gasteiger charge is 2.08. The van der Waals surface area contributed by atoms with Crippen LogP contribution in [0.15, 0.2) is 4.73 Å². The number of aryl methyl sites for hydroxylation is 1. The fraction of sp³-hybridized carbons (Fsp3) is 0.250. The lowest BCUT2D eigenvalue weighted by Crippen LogP contribution is -2.16. The molecule has 0 bridgehead atoms. The monoisotopic (exact) mass is 204 g/mol. The van der Waals surface area contributed by atoms with Crippen molar-refractivity contribution in [3.63, 3.8) is 0 Å². The number of amides is 1. The number of nitrogens with two attached hydrogens (primary N) is 1. The Hall–Kier alpha value is -0.910. The summed E-state index contributed by atoms with van der Waals surface area (Å²) in [4.78, 5) is 14.2. The first kappa shape index (κ1) is 7.20. The van der Waals surface area contributed by atoms with Gasteiger partial charge in [0, 0.05) is 7.05 Å². The van der Waals surface area contributed by atoms with E-state index < -0.39 is 5.91 Å². The van der Waals surface area contributed by atoms with E-state index in [2.05, 4.69) is 26.0 Å². The molecule has 0 saturated heterocycles. The van der Waals surface area contributed by atoms with E-state index in [1.165, 1.54) is 4.68 Å². The van der Waals surface area contributed by atoms with Crippen LogP contribution in [-0.2, 0) is 7.05 Å². The van der Waals surface area contributed by atoms with Crippen molar-refractivity contribution >= 4 is 21.8 Å². The second kappa shape index (κ2) is 2.37. The van der Waals surface area contributed by atoms with Crippen LogP contribution in [0.25, 0.3) is 0 Å². The average Bonchev–Trinajstić information content (AvgIpc) is 2.10. The molecule has 54 valence electrons. The molecule has 0 aromatic carbocycles. The van der Waals surface area contributed by atoms with Crippen LogP contribution < -0.4 is 5.73 Å². The van der Waals surface area contributed by atoms with E-state index in [1.54, 1.807) is 7.05 Å². The smallest absolute Gasteiger partial charge is 0.286 e. The maximum absolute atomic E-state index is 10.5. The highest BCUT2D eigenvalue weighted by molar-refractivity contribution is 9.10. The normalized spacial score (nSPS) is 9.80. The van der Waals surface area contributed by atoms with Gasteiger partial charge in [0.1, 0.15) is 0 Å². The van der Waals surface area contributed by atoms with Crippen molar-refractivity contribution in [2.45, 2.75) is 0 Å². The number of primary amides is 1. The van der Waals surface area contributed by atoms with Gasteiger partial charge in [-0.1, -0.05) is 0 Å². The van der Waals surface area contributed by atoms with Gasteiger partial charge in [-0.2, -0.15) is 4.98 Å². The minimum atomic E-state index is -0.583. The number of nitrogens with zero attached hydrogens (tertiary/aromatic N) is 3. The summed E-state index contributed by atoms with van der Waals surface area (Å²) in [5, 5.41) is 3.75. The maximum atomic E-state index is 10.5. The summed E-state index contributed by atoms with van der Waals surface area (Å²) in [6.07, 6.45) is 0. The van der Waals surface area contributed by atoms with Crippen LogP contribution in [0.2, 0.25) is 0 Å². The van der Waals surface area contributed by atoms with Crippen molar-refractivity contribution < 1.29 is 4.79 Å². The molecule has 1 aromatic rings. The Bertz CT molecular complexity index is 268. The lowest BCUT2D eigenvalue weighted by atomic mass is 10.6. The zero-order valence-electron chi connectivity index (χ0n) is 5.21. The van der Waals surface area contributed by atoms with Crippen LogP contribution in [0, 0.1) is 0 Å². The molecule has 5 nitrogen and oxygen atoms in total. The number of carbonyl (C=O) groups is 1. The molecule has 6 heteroatoms. The second-order valence-corrected chi connectivity index (χ2v) is 2.40. The SMILES string of the molecule is Cn1nc(Br)nc1C(N)=O. The van der Waals surface area contributed by atoms with Crippen LogP contribution >= 0.6 is 15.9 Å². The minimum absolute atomic E-state index is 0.145. The molecular weight excluding hydrogens is 200 g/mol. The Morgan fingerprint density at radius 1 is 1.80 bits per heavy atom. The predicted octanol–water partition coefficient (Wildman–Crippen LogP) is -0.324. The standard InChI is InChI=1S/C4H5BrN4O/c1-9-3(2(6)10)7-4(5)8-9/h1H3,(H2,6,10). The predicted molar refractivity (Wildman–Crippen MR) is 37.2 cm³/mol. The summed E-state index contributed by atoms with van der Waals surface area (Å²) in [6, 6.07) is 0. The molecule has 1 amide bonds. The van der Waals surface area contributed by atoms with Crippen LogP contribution in [0.3, 0.4) is 0 Å². The number of hydrogen-bond acceptors (Lipinski definition) is 3. The number of rotatable bonds is 1. The van der Waals surface area contributed by atoms with Gasteiger partial charge in [0.2, 0.25) is 10.6 Å². The van der Waals surface area contributed by atoms with Gasteiger partial charge in [-0.05, 0) is 15.9 Å². The van der Waals surface area contributed by atoms with Crippen LogP contribution in [0.5, 0.6) is 0 Å². The minimum Gasteiger partial charge on any atom is -0.363 e. The Morgan fingerprint density at radius 2 is 2.40 bits per heavy atom. The molecule has 1 aromatic heterocycles. The molecule has 0 aliphatic rings. The first-order valence-corrected chi connectivity index (χ1v) is 3.27. The van der Waals surface area contributed by atoms with E-state index in [9.17, 15) is 4.79 Å². The van der Waals surface area contributed by atoms with Gasteiger partial charge in [-0.25, -0.2) is 4.68 Å². The van der Waals surface area contributed by atoms with Gasteiger partial charge in [0.05, 0.1) is 0 Å². The molecule has 0 aliphatic carbocycles. The van der Waals surface area contributed by atoms with E-state index in [0.29, 0.717) is 4.73 Å². The first-order chi connectivity index (χ1) is 4.61. The van der Waals surface area contributed by atoms with Crippen molar-refractivity contribution in [1.29, 1.82) is 0 Å². The summed E-state index contributed by atoms with van der Waals surface area (Å²) in [5.41, 5.74) is 4.94. The molecule has 0 fully saturated rings. The zero-order valence-corrected chi connectivity index (χ0v) is 6.79. The van der Waals surface area contributed by atoms with E-state index in [4.69, 9.17) is 5.73 Å². The maximum Gasteiger partial charge on any atom is 0.286 e. The largest absolute Gasteiger partial charge is 0.363 e. The molecule has 0 aliphatic heterocycles. The van der Waals surface area contributed by atoms with Crippen molar-refractivity contribution in [2.24, 2.45) is 12.8 Å². The first-order valence-electron chi connectivity index (χ1n) is 2.47. The van der Waals surface area contributed by atoms with Gasteiger partial charge < -0.3 is 5.73 Å². The fourth-order valence-electron chi connectivity index (χ4n) is 0.568. The summed E-state index contributed by atoms with van der Waals surface area (Å²) in [7, 11) is 1.60. The van der Waals surface area contributed by atoms with Gasteiger partial charge in [0.15, 0.2) is 0 Å². The summed E-state index contributed by atoms with van der Waals surface area (Å²) >= 11 is 3.00. The Morgan fingerprint density at radius 3 is 2.60 bits per heavy atom. The van der Waals surface area contributed by atoms with Gasteiger partial charge in [0.25, 0.3) is 5.91 Å². The summed E-state index contributed by atoms with van der Waals surface area (Å²) in [6.45, 7) is 0. The van der Waals surface area contributed by atoms with Crippen molar-refractivity contribution in [3.8, 4) is 0 Å². The molecule has 1 heterocycles.